The molecule has 0 heterocycles. The summed E-state index contributed by atoms with van der Waals surface area (Å²) in [6, 6.07) is 7.48. The zero-order valence-corrected chi connectivity index (χ0v) is 21.9. The van der Waals surface area contributed by atoms with E-state index in [0.29, 0.717) is 13.2 Å². The van der Waals surface area contributed by atoms with E-state index in [2.05, 4.69) is 33.9 Å². The maximum atomic E-state index is 11.3. The summed E-state index contributed by atoms with van der Waals surface area (Å²) in [4.78, 5) is 11.3. The van der Waals surface area contributed by atoms with Gasteiger partial charge in [-0.15, -0.1) is 0 Å². The maximum Gasteiger partial charge on any atom is 0.306 e. The Balaban J connectivity index is 2.68. The van der Waals surface area contributed by atoms with Gasteiger partial charge in [0.25, 0.3) is 0 Å². The zero-order chi connectivity index (χ0) is 24.5. The molecule has 0 bridgehead atoms. The number of aliphatic hydroxyl groups is 1. The molecule has 1 rings (SSSR count). The zero-order valence-electron chi connectivity index (χ0n) is 20.9. The highest BCUT2D eigenvalue weighted by Gasteiger charge is 2.37. The molecule has 32 heavy (non-hydrogen) atoms. The summed E-state index contributed by atoms with van der Waals surface area (Å²) in [5, 5.41) is 20.0. The van der Waals surface area contributed by atoms with E-state index in [1.54, 1.807) is 13.2 Å². The van der Waals surface area contributed by atoms with E-state index in [0.717, 1.165) is 11.3 Å². The van der Waals surface area contributed by atoms with Gasteiger partial charge in [-0.1, -0.05) is 58.9 Å². The third-order valence-corrected chi connectivity index (χ3v) is 10.8. The number of carboxylic acids is 1. The minimum Gasteiger partial charge on any atom is -0.497 e. The molecule has 7 heteroatoms. The average Bonchev–Trinajstić information content (AvgIpc) is 2.72. The second-order valence-corrected chi connectivity index (χ2v) is 14.9. The molecular weight excluding hydrogens is 424 g/mol. The van der Waals surface area contributed by atoms with Gasteiger partial charge in [-0.25, -0.2) is 0 Å². The molecule has 4 atom stereocenters. The molecule has 1 aromatic rings. The van der Waals surface area contributed by atoms with Gasteiger partial charge in [-0.2, -0.15) is 0 Å². The van der Waals surface area contributed by atoms with Crippen molar-refractivity contribution in [2.24, 2.45) is 11.8 Å². The highest BCUT2D eigenvalue weighted by Crippen LogP contribution is 2.36. The lowest BCUT2D eigenvalue weighted by Crippen LogP contribution is -2.42. The number of carbonyl (C=O) groups is 1. The molecule has 6 nitrogen and oxygen atoms in total. The highest BCUT2D eigenvalue weighted by molar-refractivity contribution is 6.74. The molecule has 0 unspecified atom stereocenters. The summed E-state index contributed by atoms with van der Waals surface area (Å²) in [6.45, 7) is 15.6. The van der Waals surface area contributed by atoms with Crippen LogP contribution in [0.25, 0.3) is 0 Å². The SMILES string of the molecule is COc1ccc(CO[C@H](CC(=O)O)[C@@H](C)/C=C\[C@H](O)[C@H](C)CO[Si](C)(C)C(C)(C)C)cc1. The van der Waals surface area contributed by atoms with Gasteiger partial charge in [0.1, 0.15) is 5.75 Å². The van der Waals surface area contributed by atoms with Crippen molar-refractivity contribution in [2.75, 3.05) is 13.7 Å². The summed E-state index contributed by atoms with van der Waals surface area (Å²) in [6.07, 6.45) is 2.29. The Morgan fingerprint density at radius 3 is 2.22 bits per heavy atom. The van der Waals surface area contributed by atoms with E-state index in [9.17, 15) is 15.0 Å². The number of benzene rings is 1. The first-order valence-electron chi connectivity index (χ1n) is 11.2. The van der Waals surface area contributed by atoms with Crippen LogP contribution >= 0.6 is 0 Å². The monoisotopic (exact) mass is 466 g/mol. The molecule has 182 valence electrons. The first-order valence-corrected chi connectivity index (χ1v) is 14.1. The molecule has 0 amide bonds. The number of hydrogen-bond acceptors (Lipinski definition) is 5. The van der Waals surface area contributed by atoms with Crippen LogP contribution in [-0.4, -0.2) is 50.4 Å². The lowest BCUT2D eigenvalue weighted by molar-refractivity contribution is -0.141. The molecule has 0 radical (unpaired) electrons. The molecule has 0 aliphatic carbocycles. The molecular formula is C25H42O6Si. The number of aliphatic hydroxyl groups excluding tert-OH is 1. The van der Waals surface area contributed by atoms with Crippen molar-refractivity contribution in [2.45, 2.75) is 78.0 Å². The smallest absolute Gasteiger partial charge is 0.306 e. The third-order valence-electron chi connectivity index (χ3n) is 6.29. The fourth-order valence-corrected chi connectivity index (χ4v) is 3.86. The summed E-state index contributed by atoms with van der Waals surface area (Å²) in [5.74, 6) is -0.396. The molecule has 1 aromatic carbocycles. The predicted molar refractivity (Wildman–Crippen MR) is 130 cm³/mol. The van der Waals surface area contributed by atoms with Crippen molar-refractivity contribution in [1.82, 2.24) is 0 Å². The van der Waals surface area contributed by atoms with Crippen molar-refractivity contribution in [3.05, 3.63) is 42.0 Å². The van der Waals surface area contributed by atoms with Crippen molar-refractivity contribution < 1.29 is 28.9 Å². The van der Waals surface area contributed by atoms with Gasteiger partial charge >= 0.3 is 5.97 Å². The number of aliphatic carboxylic acids is 1. The fourth-order valence-electron chi connectivity index (χ4n) is 2.75. The number of rotatable bonds is 13. The van der Waals surface area contributed by atoms with E-state index in [1.165, 1.54) is 0 Å². The van der Waals surface area contributed by atoms with Gasteiger partial charge in [-0.05, 0) is 35.8 Å². The second kappa shape index (κ2) is 12.5. The number of carboxylic acid groups (broad SMARTS) is 1. The topological polar surface area (TPSA) is 85.2 Å². The van der Waals surface area contributed by atoms with Crippen LogP contribution < -0.4 is 4.74 Å². The Labute approximate surface area is 194 Å². The molecule has 0 aromatic heterocycles. The number of ether oxygens (including phenoxy) is 2. The Kier molecular flexibility index (Phi) is 11.1. The molecule has 0 aliphatic rings. The van der Waals surface area contributed by atoms with Crippen LogP contribution in [0.4, 0.5) is 0 Å². The van der Waals surface area contributed by atoms with E-state index in [1.807, 2.05) is 44.2 Å². The third kappa shape index (κ3) is 9.44. The summed E-state index contributed by atoms with van der Waals surface area (Å²) >= 11 is 0. The highest BCUT2D eigenvalue weighted by atomic mass is 28.4. The molecule has 0 saturated heterocycles. The normalized spacial score (nSPS) is 16.5. The Bertz CT molecular complexity index is 723. The Hall–Kier alpha value is -1.67. The van der Waals surface area contributed by atoms with Crippen LogP contribution in [0.1, 0.15) is 46.6 Å². The molecule has 2 N–H and O–H groups in total. The van der Waals surface area contributed by atoms with E-state index in [4.69, 9.17) is 13.9 Å². The molecule has 0 spiro atoms. The van der Waals surface area contributed by atoms with Crippen molar-refractivity contribution in [3.63, 3.8) is 0 Å². The summed E-state index contributed by atoms with van der Waals surface area (Å²) in [5.41, 5.74) is 0.939. The second-order valence-electron chi connectivity index (χ2n) is 10.1. The Morgan fingerprint density at radius 1 is 1.12 bits per heavy atom. The van der Waals surface area contributed by atoms with Gasteiger partial charge in [0.05, 0.1) is 32.3 Å². The quantitative estimate of drug-likeness (QED) is 0.304. The first kappa shape index (κ1) is 28.4. The van der Waals surface area contributed by atoms with Crippen molar-refractivity contribution in [3.8, 4) is 5.75 Å². The molecule has 0 aliphatic heterocycles. The summed E-state index contributed by atoms with van der Waals surface area (Å²) in [7, 11) is -0.264. The average molecular weight is 467 g/mol. The predicted octanol–water partition coefficient (Wildman–Crippen LogP) is 5.27. The van der Waals surface area contributed by atoms with Crippen LogP contribution in [0.3, 0.4) is 0 Å². The minimum atomic E-state index is -1.87. The first-order chi connectivity index (χ1) is 14.8. The van der Waals surface area contributed by atoms with Crippen LogP contribution in [0.2, 0.25) is 18.1 Å². The summed E-state index contributed by atoms with van der Waals surface area (Å²) < 4.78 is 17.3. The van der Waals surface area contributed by atoms with Crippen LogP contribution in [0, 0.1) is 11.8 Å². The van der Waals surface area contributed by atoms with Gasteiger partial charge in [0, 0.05) is 18.4 Å². The fraction of sp³-hybridized carbons (Fsp3) is 0.640. The van der Waals surface area contributed by atoms with E-state index in [-0.39, 0.29) is 23.3 Å². The van der Waals surface area contributed by atoms with Crippen molar-refractivity contribution >= 4 is 14.3 Å². The van der Waals surface area contributed by atoms with E-state index < -0.39 is 26.5 Å². The van der Waals surface area contributed by atoms with Crippen LogP contribution in [0.15, 0.2) is 36.4 Å². The minimum absolute atomic E-state index is 0.0642. The Morgan fingerprint density at radius 2 is 1.72 bits per heavy atom. The number of hydrogen-bond donors (Lipinski definition) is 2. The van der Waals surface area contributed by atoms with Crippen LogP contribution in [0.5, 0.6) is 5.75 Å². The van der Waals surface area contributed by atoms with Gasteiger partial charge in [-0.3, -0.25) is 4.79 Å². The largest absolute Gasteiger partial charge is 0.497 e. The maximum absolute atomic E-state index is 11.3. The van der Waals surface area contributed by atoms with Gasteiger partial charge in [0.2, 0.25) is 0 Å². The van der Waals surface area contributed by atoms with Gasteiger partial charge < -0.3 is 24.1 Å². The van der Waals surface area contributed by atoms with Crippen molar-refractivity contribution in [1.29, 1.82) is 0 Å². The van der Waals surface area contributed by atoms with Gasteiger partial charge in [0.15, 0.2) is 8.32 Å². The molecule has 0 fully saturated rings. The lowest BCUT2D eigenvalue weighted by atomic mass is 9.98. The number of methoxy groups -OCH3 is 1. The lowest BCUT2D eigenvalue weighted by Gasteiger charge is -2.37. The van der Waals surface area contributed by atoms with E-state index >= 15 is 0 Å². The van der Waals surface area contributed by atoms with Crippen LogP contribution in [-0.2, 0) is 20.6 Å². The molecule has 0 saturated carbocycles. The standard InChI is InChI=1S/C25H42O6Si/c1-18(9-14-22(26)19(2)16-31-32(7,8)25(3,4)5)23(15-24(27)28)30-17-20-10-12-21(29-6)13-11-20/h9-14,18-19,22-23,26H,15-17H2,1-8H3,(H,27,28)/b14-9-/t18-,19+,22-,23+/m0/s1.